The summed E-state index contributed by atoms with van der Waals surface area (Å²) in [5, 5.41) is 18.9. The number of methoxy groups -OCH3 is 2. The Balaban J connectivity index is 1.63. The van der Waals surface area contributed by atoms with Gasteiger partial charge in [0.1, 0.15) is 23.0 Å². The summed E-state index contributed by atoms with van der Waals surface area (Å²) >= 11 is 0. The van der Waals surface area contributed by atoms with Gasteiger partial charge in [0.2, 0.25) is 27.5 Å². The highest BCUT2D eigenvalue weighted by Gasteiger charge is 2.32. The molecule has 2 aromatic carbocycles. The average Bonchev–Trinajstić information content (AvgIpc) is 3.67. The number of nitrogens with zero attached hydrogens (tertiary/aromatic N) is 4. The minimum Gasteiger partial charge on any atom is -0.494 e. The molecule has 0 unspecified atom stereocenters. The fourth-order valence-corrected chi connectivity index (χ4v) is 5.64. The molecule has 1 fully saturated rings. The van der Waals surface area contributed by atoms with E-state index in [1.165, 1.54) is 38.5 Å². The molecule has 0 spiro atoms. The van der Waals surface area contributed by atoms with Gasteiger partial charge in [-0.15, -0.1) is 10.2 Å². The summed E-state index contributed by atoms with van der Waals surface area (Å²) in [5.41, 5.74) is -0.242. The van der Waals surface area contributed by atoms with Gasteiger partial charge in [0.25, 0.3) is 5.56 Å². The van der Waals surface area contributed by atoms with Crippen molar-refractivity contribution in [2.24, 2.45) is 0 Å². The van der Waals surface area contributed by atoms with Crippen molar-refractivity contribution in [2.45, 2.75) is 54.7 Å². The Morgan fingerprint density at radius 1 is 1.05 bits per heavy atom. The SMILES string of the molecule is CCCCc1nc(O)c(S(=O)(=O)c2ccc(-c3nnc(C4CC4)o3)cc2)c(=O)n1-c1c(OC)cccc1OC. The van der Waals surface area contributed by atoms with Gasteiger partial charge in [0, 0.05) is 17.9 Å². The number of para-hydroxylation sites is 1. The Kier molecular flexibility index (Phi) is 7.13. The maximum Gasteiger partial charge on any atom is 0.281 e. The first-order valence-corrected chi connectivity index (χ1v) is 14.0. The number of hydrogen-bond acceptors (Lipinski definition) is 10. The fraction of sp³-hybridized carbons (Fsp3) is 0.333. The Morgan fingerprint density at radius 2 is 1.72 bits per heavy atom. The quantitative estimate of drug-likeness (QED) is 0.305. The Labute approximate surface area is 225 Å². The molecule has 0 aliphatic heterocycles. The molecule has 12 heteroatoms. The zero-order valence-corrected chi connectivity index (χ0v) is 22.6. The summed E-state index contributed by atoms with van der Waals surface area (Å²) in [7, 11) is -1.64. The topological polar surface area (TPSA) is 147 Å². The molecule has 204 valence electrons. The van der Waals surface area contributed by atoms with Crippen molar-refractivity contribution >= 4 is 9.84 Å². The fourth-order valence-electron chi connectivity index (χ4n) is 4.30. The van der Waals surface area contributed by atoms with Gasteiger partial charge in [-0.3, -0.25) is 9.36 Å². The van der Waals surface area contributed by atoms with E-state index >= 15 is 0 Å². The molecule has 1 N–H and O–H groups in total. The van der Waals surface area contributed by atoms with Crippen molar-refractivity contribution in [1.29, 1.82) is 0 Å². The van der Waals surface area contributed by atoms with Gasteiger partial charge in [0.05, 0.1) is 19.1 Å². The summed E-state index contributed by atoms with van der Waals surface area (Å²) in [6, 6.07) is 10.6. The highest BCUT2D eigenvalue weighted by Crippen LogP contribution is 2.40. The van der Waals surface area contributed by atoms with E-state index in [2.05, 4.69) is 15.2 Å². The smallest absolute Gasteiger partial charge is 0.281 e. The van der Waals surface area contributed by atoms with E-state index in [-0.39, 0.29) is 39.7 Å². The zero-order valence-electron chi connectivity index (χ0n) is 21.7. The van der Waals surface area contributed by atoms with Crippen molar-refractivity contribution in [3.8, 4) is 34.5 Å². The molecule has 1 saturated carbocycles. The van der Waals surface area contributed by atoms with Gasteiger partial charge in [-0.1, -0.05) is 19.4 Å². The van der Waals surface area contributed by atoms with E-state index in [1.807, 2.05) is 6.92 Å². The third-order valence-electron chi connectivity index (χ3n) is 6.52. The van der Waals surface area contributed by atoms with Crippen LogP contribution in [0.15, 0.2) is 61.5 Å². The molecular weight excluding hydrogens is 524 g/mol. The molecule has 4 aromatic rings. The third-order valence-corrected chi connectivity index (χ3v) is 8.31. The van der Waals surface area contributed by atoms with Crippen LogP contribution in [0, 0.1) is 0 Å². The number of sulfone groups is 1. The molecule has 1 aliphatic rings. The molecule has 0 saturated heterocycles. The van der Waals surface area contributed by atoms with Gasteiger partial charge in [-0.25, -0.2) is 8.42 Å². The molecule has 0 radical (unpaired) electrons. The number of benzene rings is 2. The monoisotopic (exact) mass is 552 g/mol. The molecule has 1 aliphatic carbocycles. The number of unbranched alkanes of at least 4 members (excludes halogenated alkanes) is 1. The summed E-state index contributed by atoms with van der Waals surface area (Å²) < 4.78 is 45.2. The van der Waals surface area contributed by atoms with Gasteiger partial charge in [0.15, 0.2) is 4.90 Å². The number of ether oxygens (including phenoxy) is 2. The predicted octanol–water partition coefficient (Wildman–Crippen LogP) is 4.06. The number of hydrogen-bond donors (Lipinski definition) is 1. The molecule has 39 heavy (non-hydrogen) atoms. The van der Waals surface area contributed by atoms with Crippen LogP contribution in [0.25, 0.3) is 17.1 Å². The second-order valence-corrected chi connectivity index (χ2v) is 11.1. The summed E-state index contributed by atoms with van der Waals surface area (Å²) in [4.78, 5) is 17.1. The lowest BCUT2D eigenvalue weighted by atomic mass is 10.2. The van der Waals surface area contributed by atoms with E-state index < -0.39 is 26.2 Å². The highest BCUT2D eigenvalue weighted by atomic mass is 32.2. The molecule has 0 atom stereocenters. The van der Waals surface area contributed by atoms with Crippen LogP contribution >= 0.6 is 0 Å². The van der Waals surface area contributed by atoms with Gasteiger partial charge >= 0.3 is 0 Å². The molecule has 0 amide bonds. The molecule has 11 nitrogen and oxygen atoms in total. The van der Waals surface area contributed by atoms with E-state index in [9.17, 15) is 18.3 Å². The lowest BCUT2D eigenvalue weighted by Crippen LogP contribution is -2.29. The summed E-state index contributed by atoms with van der Waals surface area (Å²) in [6.45, 7) is 1.97. The number of rotatable bonds is 10. The van der Waals surface area contributed by atoms with E-state index in [0.717, 1.165) is 23.8 Å². The first kappa shape index (κ1) is 26.4. The van der Waals surface area contributed by atoms with Crippen molar-refractivity contribution < 1.29 is 27.4 Å². The van der Waals surface area contributed by atoms with Crippen LogP contribution in [0.1, 0.15) is 50.2 Å². The van der Waals surface area contributed by atoms with Crippen LogP contribution in [-0.2, 0) is 16.3 Å². The maximum atomic E-state index is 13.9. The molecule has 5 rings (SSSR count). The second-order valence-electron chi connectivity index (χ2n) is 9.18. The van der Waals surface area contributed by atoms with Crippen molar-refractivity contribution in [2.75, 3.05) is 14.2 Å². The average molecular weight is 553 g/mol. The van der Waals surface area contributed by atoms with Gasteiger partial charge in [-0.2, -0.15) is 4.98 Å². The van der Waals surface area contributed by atoms with Crippen LogP contribution < -0.4 is 15.0 Å². The van der Waals surface area contributed by atoms with E-state index in [4.69, 9.17) is 13.9 Å². The number of aromatic hydroxyl groups is 1. The van der Waals surface area contributed by atoms with Gasteiger partial charge in [-0.05, 0) is 55.7 Å². The van der Waals surface area contributed by atoms with Crippen LogP contribution in [0.3, 0.4) is 0 Å². The van der Waals surface area contributed by atoms with E-state index in [0.29, 0.717) is 24.3 Å². The van der Waals surface area contributed by atoms with Crippen molar-refractivity contribution in [3.05, 3.63) is 64.5 Å². The largest absolute Gasteiger partial charge is 0.494 e. The highest BCUT2D eigenvalue weighted by molar-refractivity contribution is 7.91. The Morgan fingerprint density at radius 3 is 2.31 bits per heavy atom. The molecule has 2 heterocycles. The zero-order chi connectivity index (χ0) is 27.7. The van der Waals surface area contributed by atoms with Crippen LogP contribution in [0.4, 0.5) is 0 Å². The van der Waals surface area contributed by atoms with Crippen LogP contribution in [-0.4, -0.2) is 47.5 Å². The lowest BCUT2D eigenvalue weighted by Gasteiger charge is -2.19. The molecule has 0 bridgehead atoms. The lowest BCUT2D eigenvalue weighted by molar-refractivity contribution is 0.386. The number of aromatic nitrogens is 4. The van der Waals surface area contributed by atoms with E-state index in [1.54, 1.807) is 18.2 Å². The number of aryl methyl sites for hydroxylation is 1. The molecule has 2 aromatic heterocycles. The second kappa shape index (κ2) is 10.5. The summed E-state index contributed by atoms with van der Waals surface area (Å²) in [5.74, 6) is 0.986. The maximum absolute atomic E-state index is 13.9. The normalized spacial score (nSPS) is 13.4. The predicted molar refractivity (Wildman–Crippen MR) is 140 cm³/mol. The van der Waals surface area contributed by atoms with Crippen molar-refractivity contribution in [1.82, 2.24) is 19.7 Å². The summed E-state index contributed by atoms with van der Waals surface area (Å²) in [6.07, 6.45) is 3.75. The third kappa shape index (κ3) is 4.87. The first-order valence-electron chi connectivity index (χ1n) is 12.5. The Bertz CT molecular complexity index is 1650. The van der Waals surface area contributed by atoms with Crippen LogP contribution in [0.2, 0.25) is 0 Å². The van der Waals surface area contributed by atoms with Crippen LogP contribution in [0.5, 0.6) is 17.4 Å². The van der Waals surface area contributed by atoms with Crippen molar-refractivity contribution in [3.63, 3.8) is 0 Å². The molecular formula is C27H28N4O7S. The van der Waals surface area contributed by atoms with Gasteiger partial charge < -0.3 is 19.0 Å². The minimum absolute atomic E-state index is 0.180. The minimum atomic E-state index is -4.50. The Hall–Kier alpha value is -4.19. The first-order chi connectivity index (χ1) is 18.8. The standard InChI is InChI=1S/C27H28N4O7S/c1-4-5-9-21-28-24(32)23(27(33)31(21)22-19(36-2)7-6-8-20(22)37-3)39(34,35)18-14-12-17(13-15-18)26-30-29-25(38-26)16-10-11-16/h6-8,12-16,32H,4-5,9-11H2,1-3H3.